The van der Waals surface area contributed by atoms with E-state index in [1.54, 1.807) is 24.3 Å². The monoisotopic (exact) mass is 368 g/mol. The Bertz CT molecular complexity index is 742. The molecule has 2 aromatic rings. The lowest BCUT2D eigenvalue weighted by molar-refractivity contribution is -0.124. The number of hydrogen-bond donors (Lipinski definition) is 2. The average Bonchev–Trinajstić information content (AvgIpc) is 2.67. The Hall–Kier alpha value is -2.82. The fraction of sp³-hybridized carbons (Fsp3) is 0.364. The summed E-state index contributed by atoms with van der Waals surface area (Å²) in [5.74, 6) is 0.198. The molecule has 0 saturated carbocycles. The lowest BCUT2D eigenvalue weighted by Gasteiger charge is -2.24. The second-order valence-electron chi connectivity index (χ2n) is 6.79. The molecule has 2 N–H and O–H groups in total. The molecule has 2 aromatic carbocycles. The Balaban J connectivity index is 2.03. The molecule has 144 valence electrons. The zero-order chi connectivity index (χ0) is 19.8. The summed E-state index contributed by atoms with van der Waals surface area (Å²) in [7, 11) is 0. The Morgan fingerprint density at radius 3 is 2.11 bits per heavy atom. The smallest absolute Gasteiger partial charge is 0.251 e. The highest BCUT2D eigenvalue weighted by atomic mass is 16.5. The lowest BCUT2D eigenvalue weighted by Crippen LogP contribution is -2.50. The van der Waals surface area contributed by atoms with Gasteiger partial charge in [0.25, 0.3) is 5.91 Å². The van der Waals surface area contributed by atoms with Crippen molar-refractivity contribution in [2.45, 2.75) is 39.8 Å². The molecule has 0 aliphatic rings. The van der Waals surface area contributed by atoms with E-state index < -0.39 is 6.04 Å². The van der Waals surface area contributed by atoms with Crippen LogP contribution in [0, 0.1) is 5.92 Å². The van der Waals surface area contributed by atoms with Gasteiger partial charge in [-0.15, -0.1) is 0 Å². The van der Waals surface area contributed by atoms with Crippen LogP contribution in [0.5, 0.6) is 5.75 Å². The maximum atomic E-state index is 12.7. The Morgan fingerprint density at radius 1 is 0.926 bits per heavy atom. The van der Waals surface area contributed by atoms with Gasteiger partial charge in [-0.1, -0.05) is 44.2 Å². The normalized spacial score (nSPS) is 12.9. The highest BCUT2D eigenvalue weighted by Gasteiger charge is 2.26. The summed E-state index contributed by atoms with van der Waals surface area (Å²) in [4.78, 5) is 25.3. The van der Waals surface area contributed by atoms with Crippen LogP contribution in [0.15, 0.2) is 54.6 Å². The number of carbonyl (C=O) groups is 2. The minimum Gasteiger partial charge on any atom is -0.494 e. The van der Waals surface area contributed by atoms with Crippen molar-refractivity contribution in [1.82, 2.24) is 10.6 Å². The molecule has 5 nitrogen and oxygen atoms in total. The molecule has 0 bridgehead atoms. The average molecular weight is 368 g/mol. The van der Waals surface area contributed by atoms with Crippen molar-refractivity contribution in [1.29, 1.82) is 0 Å². The molecule has 2 rings (SSSR count). The van der Waals surface area contributed by atoms with Gasteiger partial charge in [0, 0.05) is 5.56 Å². The van der Waals surface area contributed by atoms with Gasteiger partial charge in [0.05, 0.1) is 12.6 Å². The van der Waals surface area contributed by atoms with Gasteiger partial charge in [-0.05, 0) is 49.6 Å². The highest BCUT2D eigenvalue weighted by molar-refractivity contribution is 5.97. The minimum atomic E-state index is -0.616. The number of amides is 2. The number of benzene rings is 2. The summed E-state index contributed by atoms with van der Waals surface area (Å²) in [5.41, 5.74) is 1.51. The van der Waals surface area contributed by atoms with Crippen molar-refractivity contribution in [2.24, 2.45) is 5.92 Å². The lowest BCUT2D eigenvalue weighted by atomic mass is 10.0. The molecule has 27 heavy (non-hydrogen) atoms. The van der Waals surface area contributed by atoms with Crippen molar-refractivity contribution in [3.63, 3.8) is 0 Å². The standard InChI is InChI=1S/C22H28N2O3/c1-5-27-19-13-11-18(12-14-19)21(25)24-20(15(2)3)22(26)23-16(4)17-9-7-6-8-10-17/h6-16,20H,5H2,1-4H3,(H,23,26)(H,24,25). The van der Waals surface area contributed by atoms with Gasteiger partial charge in [0.15, 0.2) is 0 Å². The second-order valence-corrected chi connectivity index (χ2v) is 6.79. The maximum absolute atomic E-state index is 12.7. The topological polar surface area (TPSA) is 67.4 Å². The molecule has 2 amide bonds. The van der Waals surface area contributed by atoms with Crippen LogP contribution < -0.4 is 15.4 Å². The van der Waals surface area contributed by atoms with Crippen molar-refractivity contribution >= 4 is 11.8 Å². The summed E-state index contributed by atoms with van der Waals surface area (Å²) >= 11 is 0. The number of carbonyl (C=O) groups excluding carboxylic acids is 2. The third-order valence-corrected chi connectivity index (χ3v) is 4.32. The third kappa shape index (κ3) is 5.84. The molecule has 0 saturated heterocycles. The van der Waals surface area contributed by atoms with Crippen LogP contribution in [-0.4, -0.2) is 24.5 Å². The van der Waals surface area contributed by atoms with Crippen LogP contribution in [0.2, 0.25) is 0 Å². The van der Waals surface area contributed by atoms with Gasteiger partial charge in [-0.3, -0.25) is 9.59 Å². The molecule has 0 spiro atoms. The van der Waals surface area contributed by atoms with Gasteiger partial charge in [0.2, 0.25) is 5.91 Å². The first-order valence-corrected chi connectivity index (χ1v) is 9.31. The predicted octanol–water partition coefficient (Wildman–Crippen LogP) is 3.72. The molecule has 2 unspecified atom stereocenters. The molecular weight excluding hydrogens is 340 g/mol. The van der Waals surface area contributed by atoms with Gasteiger partial charge in [-0.2, -0.15) is 0 Å². The van der Waals surface area contributed by atoms with Crippen molar-refractivity contribution < 1.29 is 14.3 Å². The first-order chi connectivity index (χ1) is 12.9. The van der Waals surface area contributed by atoms with Gasteiger partial charge < -0.3 is 15.4 Å². The Labute approximate surface area is 161 Å². The zero-order valence-corrected chi connectivity index (χ0v) is 16.4. The maximum Gasteiger partial charge on any atom is 0.251 e. The van der Waals surface area contributed by atoms with Crippen LogP contribution in [0.1, 0.15) is 49.7 Å². The van der Waals surface area contributed by atoms with Crippen molar-refractivity contribution in [2.75, 3.05) is 6.61 Å². The summed E-state index contributed by atoms with van der Waals surface area (Å²) < 4.78 is 5.39. The molecule has 2 atom stereocenters. The van der Waals surface area contributed by atoms with E-state index in [2.05, 4.69) is 10.6 Å². The van der Waals surface area contributed by atoms with E-state index in [1.807, 2.05) is 58.0 Å². The van der Waals surface area contributed by atoms with E-state index in [0.29, 0.717) is 17.9 Å². The zero-order valence-electron chi connectivity index (χ0n) is 16.4. The van der Waals surface area contributed by atoms with E-state index in [1.165, 1.54) is 0 Å². The van der Waals surface area contributed by atoms with Crippen LogP contribution in [-0.2, 0) is 4.79 Å². The molecule has 0 aliphatic carbocycles. The fourth-order valence-corrected chi connectivity index (χ4v) is 2.76. The number of hydrogen-bond acceptors (Lipinski definition) is 3. The second kappa shape index (κ2) is 9.76. The highest BCUT2D eigenvalue weighted by Crippen LogP contribution is 2.15. The summed E-state index contributed by atoms with van der Waals surface area (Å²) in [6.45, 7) is 8.23. The quantitative estimate of drug-likeness (QED) is 0.746. The van der Waals surface area contributed by atoms with Crippen LogP contribution in [0.4, 0.5) is 0 Å². The van der Waals surface area contributed by atoms with Crippen LogP contribution >= 0.6 is 0 Å². The number of rotatable bonds is 8. The summed E-state index contributed by atoms with van der Waals surface area (Å²) in [5, 5.41) is 5.84. The van der Waals surface area contributed by atoms with E-state index in [0.717, 1.165) is 5.56 Å². The fourth-order valence-electron chi connectivity index (χ4n) is 2.76. The molecule has 0 heterocycles. The van der Waals surface area contributed by atoms with Gasteiger partial charge >= 0.3 is 0 Å². The molecule has 0 fully saturated rings. The molecule has 5 heteroatoms. The van der Waals surface area contributed by atoms with E-state index in [4.69, 9.17) is 4.74 Å². The predicted molar refractivity (Wildman–Crippen MR) is 107 cm³/mol. The molecular formula is C22H28N2O3. The van der Waals surface area contributed by atoms with Gasteiger partial charge in [0.1, 0.15) is 11.8 Å². The van der Waals surface area contributed by atoms with Crippen molar-refractivity contribution in [3.8, 4) is 5.75 Å². The van der Waals surface area contributed by atoms with Gasteiger partial charge in [-0.25, -0.2) is 0 Å². The van der Waals surface area contributed by atoms with Crippen LogP contribution in [0.3, 0.4) is 0 Å². The van der Waals surface area contributed by atoms with E-state index in [-0.39, 0.29) is 23.8 Å². The molecule has 0 aromatic heterocycles. The van der Waals surface area contributed by atoms with E-state index >= 15 is 0 Å². The largest absolute Gasteiger partial charge is 0.494 e. The van der Waals surface area contributed by atoms with Crippen molar-refractivity contribution in [3.05, 3.63) is 65.7 Å². The minimum absolute atomic E-state index is 0.0420. The van der Waals surface area contributed by atoms with Crippen LogP contribution in [0.25, 0.3) is 0 Å². The SMILES string of the molecule is CCOc1ccc(C(=O)NC(C(=O)NC(C)c2ccccc2)C(C)C)cc1. The number of nitrogens with one attached hydrogen (secondary N) is 2. The summed E-state index contributed by atoms with van der Waals surface area (Å²) in [6, 6.07) is 15.9. The number of ether oxygens (including phenoxy) is 1. The molecule has 0 aliphatic heterocycles. The third-order valence-electron chi connectivity index (χ3n) is 4.32. The Morgan fingerprint density at radius 2 is 1.56 bits per heavy atom. The first-order valence-electron chi connectivity index (χ1n) is 9.31. The van der Waals surface area contributed by atoms with E-state index in [9.17, 15) is 9.59 Å². The molecule has 0 radical (unpaired) electrons. The first kappa shape index (κ1) is 20.5. The Kier molecular flexibility index (Phi) is 7.41. The summed E-state index contributed by atoms with van der Waals surface area (Å²) in [6.07, 6.45) is 0.